The molecule has 0 spiro atoms. The van der Waals surface area contributed by atoms with E-state index in [4.69, 9.17) is 4.74 Å². The van der Waals surface area contributed by atoms with Gasteiger partial charge in [0.15, 0.2) is 0 Å². The molecule has 0 unspecified atom stereocenters. The minimum Gasteiger partial charge on any atom is -0.495 e. The Kier molecular flexibility index (Phi) is 6.22. The molecule has 0 saturated carbocycles. The second-order valence-electron chi connectivity index (χ2n) is 7.88. The summed E-state index contributed by atoms with van der Waals surface area (Å²) in [5.74, 6) is 0.608. The Morgan fingerprint density at radius 2 is 1.97 bits per heavy atom. The number of aryl methyl sites for hydroxylation is 2. The summed E-state index contributed by atoms with van der Waals surface area (Å²) in [4.78, 5) is 7.89. The number of aromatic amines is 1. The van der Waals surface area contributed by atoms with Gasteiger partial charge in [0.2, 0.25) is 0 Å². The zero-order valence-corrected chi connectivity index (χ0v) is 19.7. The van der Waals surface area contributed by atoms with E-state index in [0.717, 1.165) is 44.7 Å². The Bertz CT molecular complexity index is 1440. The number of H-pyrrole nitrogens is 1. The van der Waals surface area contributed by atoms with Gasteiger partial charge < -0.3 is 14.4 Å². The fourth-order valence-electron chi connectivity index (χ4n) is 4.04. The van der Waals surface area contributed by atoms with Crippen LogP contribution in [0.1, 0.15) is 5.56 Å². The molecule has 8 heteroatoms. The number of methoxy groups -OCH3 is 1. The van der Waals surface area contributed by atoms with Gasteiger partial charge in [0.1, 0.15) is 17.2 Å². The predicted molar refractivity (Wildman–Crippen MR) is 137 cm³/mol. The first-order valence-electron chi connectivity index (χ1n) is 10.9. The molecule has 6 nitrogen and oxygen atoms in total. The fourth-order valence-corrected chi connectivity index (χ4v) is 4.42. The van der Waals surface area contributed by atoms with Gasteiger partial charge in [-0.15, -0.1) is 0 Å². The third-order valence-electron chi connectivity index (χ3n) is 5.79. The van der Waals surface area contributed by atoms with Crippen molar-refractivity contribution in [1.82, 2.24) is 19.7 Å². The zero-order chi connectivity index (χ0) is 23.5. The van der Waals surface area contributed by atoms with Crippen molar-refractivity contribution < 1.29 is 9.13 Å². The van der Waals surface area contributed by atoms with E-state index in [9.17, 15) is 4.39 Å². The molecule has 0 fully saturated rings. The van der Waals surface area contributed by atoms with Crippen molar-refractivity contribution in [2.45, 2.75) is 13.0 Å². The molecule has 3 heterocycles. The molecular weight excluding hydrogens is 449 g/mol. The maximum absolute atomic E-state index is 13.9. The number of aromatic nitrogens is 4. The van der Waals surface area contributed by atoms with Crippen LogP contribution in [-0.2, 0) is 13.0 Å². The summed E-state index contributed by atoms with van der Waals surface area (Å²) >= 11 is 1.52. The van der Waals surface area contributed by atoms with Crippen LogP contribution >= 0.6 is 11.9 Å². The predicted octanol–water partition coefficient (Wildman–Crippen LogP) is 6.17. The van der Waals surface area contributed by atoms with Crippen LogP contribution in [0.15, 0.2) is 73.3 Å². The number of benzene rings is 2. The summed E-state index contributed by atoms with van der Waals surface area (Å²) in [6.45, 7) is 0.601. The first kappa shape index (κ1) is 22.0. The average Bonchev–Trinajstić information content (AvgIpc) is 3.50. The summed E-state index contributed by atoms with van der Waals surface area (Å²) in [5, 5.41) is 5.51. The SMILES string of the molecule is COc1ccc(-c2cnc3[nH]cc(-c4cnn(CCc5ccccc5F)c4)c3c2)cc1NSC. The summed E-state index contributed by atoms with van der Waals surface area (Å²) < 4.78 is 24.5. The number of pyridine rings is 1. The molecule has 0 bridgehead atoms. The van der Waals surface area contributed by atoms with Gasteiger partial charge in [0, 0.05) is 53.5 Å². The molecule has 5 aromatic rings. The first-order valence-corrected chi connectivity index (χ1v) is 12.1. The van der Waals surface area contributed by atoms with Crippen molar-refractivity contribution in [1.29, 1.82) is 0 Å². The molecule has 172 valence electrons. The standard InChI is InChI=1S/C26H24FN5OS/c1-33-25-8-7-18(12-24(25)31-34-2)19-11-21-22(15-29-26(21)28-13-19)20-14-30-32(16-20)10-9-17-5-3-4-6-23(17)27/h3-8,11-16,31H,9-10H2,1-2H3,(H,28,29). The lowest BCUT2D eigenvalue weighted by Crippen LogP contribution is -2.02. The molecule has 0 radical (unpaired) electrons. The van der Waals surface area contributed by atoms with Crippen LogP contribution < -0.4 is 9.46 Å². The van der Waals surface area contributed by atoms with Crippen molar-refractivity contribution in [2.24, 2.45) is 0 Å². The zero-order valence-electron chi connectivity index (χ0n) is 18.9. The maximum atomic E-state index is 13.9. The normalized spacial score (nSPS) is 11.1. The highest BCUT2D eigenvalue weighted by molar-refractivity contribution is 7.99. The van der Waals surface area contributed by atoms with Crippen LogP contribution in [0.5, 0.6) is 5.75 Å². The van der Waals surface area contributed by atoms with Crippen LogP contribution in [0.3, 0.4) is 0 Å². The minimum atomic E-state index is -0.181. The van der Waals surface area contributed by atoms with Gasteiger partial charge in [-0.05, 0) is 41.8 Å². The Morgan fingerprint density at radius 3 is 2.79 bits per heavy atom. The van der Waals surface area contributed by atoms with Gasteiger partial charge in [-0.25, -0.2) is 9.37 Å². The Labute approximate surface area is 201 Å². The Balaban J connectivity index is 1.43. The molecule has 5 rings (SSSR count). The van der Waals surface area contributed by atoms with E-state index in [2.05, 4.69) is 31.9 Å². The number of anilines is 1. The fraction of sp³-hybridized carbons (Fsp3) is 0.154. The number of hydrogen-bond donors (Lipinski definition) is 2. The quantitative estimate of drug-likeness (QED) is 0.264. The van der Waals surface area contributed by atoms with Crippen molar-refractivity contribution in [3.05, 3.63) is 84.7 Å². The number of rotatable bonds is 8. The topological polar surface area (TPSA) is 67.8 Å². The van der Waals surface area contributed by atoms with E-state index >= 15 is 0 Å². The van der Waals surface area contributed by atoms with E-state index in [1.54, 1.807) is 13.2 Å². The molecule has 3 aromatic heterocycles. The Morgan fingerprint density at radius 1 is 1.09 bits per heavy atom. The highest BCUT2D eigenvalue weighted by atomic mass is 32.2. The minimum absolute atomic E-state index is 0.181. The molecule has 0 aliphatic rings. The molecule has 0 aliphatic carbocycles. The number of nitrogens with one attached hydrogen (secondary N) is 2. The maximum Gasteiger partial charge on any atom is 0.142 e. The van der Waals surface area contributed by atoms with Crippen LogP contribution in [0.2, 0.25) is 0 Å². The molecule has 0 amide bonds. The lowest BCUT2D eigenvalue weighted by atomic mass is 10.0. The molecule has 0 aliphatic heterocycles. The van der Waals surface area contributed by atoms with Crippen LogP contribution in [0.25, 0.3) is 33.3 Å². The van der Waals surface area contributed by atoms with Gasteiger partial charge in [-0.3, -0.25) is 4.68 Å². The smallest absolute Gasteiger partial charge is 0.142 e. The van der Waals surface area contributed by atoms with E-state index in [1.807, 2.05) is 60.0 Å². The van der Waals surface area contributed by atoms with Gasteiger partial charge in [0.25, 0.3) is 0 Å². The number of fused-ring (bicyclic) bond motifs is 1. The second-order valence-corrected chi connectivity index (χ2v) is 8.49. The summed E-state index contributed by atoms with van der Waals surface area (Å²) in [6.07, 6.45) is 10.2. The van der Waals surface area contributed by atoms with E-state index in [-0.39, 0.29) is 5.82 Å². The molecular formula is C26H24FN5OS. The first-order chi connectivity index (χ1) is 16.7. The molecule has 2 aromatic carbocycles. The van der Waals surface area contributed by atoms with Gasteiger partial charge in [-0.1, -0.05) is 36.2 Å². The van der Waals surface area contributed by atoms with Crippen LogP contribution in [0.4, 0.5) is 10.1 Å². The van der Waals surface area contributed by atoms with Crippen molar-refractivity contribution >= 4 is 28.7 Å². The number of halogens is 1. The summed E-state index contributed by atoms with van der Waals surface area (Å²) in [5.41, 5.74) is 6.48. The summed E-state index contributed by atoms with van der Waals surface area (Å²) in [6, 6.07) is 15.0. The van der Waals surface area contributed by atoms with Crippen LogP contribution in [0, 0.1) is 5.82 Å². The monoisotopic (exact) mass is 473 g/mol. The largest absolute Gasteiger partial charge is 0.495 e. The van der Waals surface area contributed by atoms with E-state index in [0.29, 0.717) is 18.5 Å². The molecule has 2 N–H and O–H groups in total. The Hall–Kier alpha value is -3.78. The number of ether oxygens (including phenoxy) is 1. The van der Waals surface area contributed by atoms with Gasteiger partial charge in [-0.2, -0.15) is 5.10 Å². The van der Waals surface area contributed by atoms with Gasteiger partial charge >= 0.3 is 0 Å². The third-order valence-corrected chi connectivity index (χ3v) is 6.21. The van der Waals surface area contributed by atoms with E-state index < -0.39 is 0 Å². The van der Waals surface area contributed by atoms with Crippen molar-refractivity contribution in [3.63, 3.8) is 0 Å². The van der Waals surface area contributed by atoms with Crippen molar-refractivity contribution in [2.75, 3.05) is 18.1 Å². The van der Waals surface area contributed by atoms with Gasteiger partial charge in [0.05, 0.1) is 19.0 Å². The van der Waals surface area contributed by atoms with Crippen molar-refractivity contribution in [3.8, 4) is 28.0 Å². The lowest BCUT2D eigenvalue weighted by Gasteiger charge is -2.11. The molecule has 0 saturated heterocycles. The van der Waals surface area contributed by atoms with E-state index in [1.165, 1.54) is 18.0 Å². The molecule has 0 atom stereocenters. The second kappa shape index (κ2) is 9.61. The summed E-state index contributed by atoms with van der Waals surface area (Å²) in [7, 11) is 1.66. The number of nitrogens with zero attached hydrogens (tertiary/aromatic N) is 3. The van der Waals surface area contributed by atoms with Crippen LogP contribution in [-0.4, -0.2) is 33.1 Å². The highest BCUT2D eigenvalue weighted by Crippen LogP contribution is 2.34. The molecule has 34 heavy (non-hydrogen) atoms. The number of hydrogen-bond acceptors (Lipinski definition) is 5. The third kappa shape index (κ3) is 4.36. The highest BCUT2D eigenvalue weighted by Gasteiger charge is 2.13. The average molecular weight is 474 g/mol. The lowest BCUT2D eigenvalue weighted by molar-refractivity contribution is 0.417.